The Kier molecular flexibility index (Phi) is 9.68. The second-order valence-electron chi connectivity index (χ2n) is 9.97. The highest BCUT2D eigenvalue weighted by Crippen LogP contribution is 2.39. The Morgan fingerprint density at radius 1 is 1.23 bits per heavy atom. The maximum atomic E-state index is 13.9. The zero-order valence-corrected chi connectivity index (χ0v) is 23.0. The first kappa shape index (κ1) is 28.7. The summed E-state index contributed by atoms with van der Waals surface area (Å²) in [6, 6.07) is 5.28. The molecule has 39 heavy (non-hydrogen) atoms. The molecule has 3 N–H and O–H groups in total. The molecule has 0 aliphatic carbocycles. The van der Waals surface area contributed by atoms with E-state index in [1.807, 2.05) is 48.9 Å². The van der Waals surface area contributed by atoms with E-state index >= 15 is 0 Å². The van der Waals surface area contributed by atoms with Crippen LogP contribution in [0.5, 0.6) is 0 Å². The molecule has 0 radical (unpaired) electrons. The van der Waals surface area contributed by atoms with E-state index in [9.17, 15) is 23.6 Å². The normalized spacial score (nSPS) is 19.6. The number of rotatable bonds is 12. The van der Waals surface area contributed by atoms with Crippen LogP contribution in [0.1, 0.15) is 43.4 Å². The van der Waals surface area contributed by atoms with Crippen LogP contribution in [0.15, 0.2) is 35.0 Å². The number of para-hydroxylation sites is 1. The second-order valence-corrected chi connectivity index (χ2v) is 10.8. The van der Waals surface area contributed by atoms with Crippen LogP contribution < -0.4 is 20.9 Å². The van der Waals surface area contributed by atoms with Crippen LogP contribution in [-0.4, -0.2) is 61.6 Å². The van der Waals surface area contributed by atoms with Gasteiger partial charge >= 0.3 is 0 Å². The lowest BCUT2D eigenvalue weighted by molar-refractivity contribution is -0.134. The van der Waals surface area contributed by atoms with E-state index in [4.69, 9.17) is 4.74 Å². The maximum Gasteiger partial charge on any atom is 0.250 e. The van der Waals surface area contributed by atoms with Gasteiger partial charge in [0, 0.05) is 13.0 Å². The number of amides is 4. The molecular formula is C28H35FN4O5S. The van der Waals surface area contributed by atoms with Gasteiger partial charge < -0.3 is 20.7 Å². The van der Waals surface area contributed by atoms with E-state index < -0.39 is 36.6 Å². The van der Waals surface area contributed by atoms with Crippen LogP contribution in [0.2, 0.25) is 0 Å². The number of ether oxygens (including phenoxy) is 1. The van der Waals surface area contributed by atoms with Crippen molar-refractivity contribution in [2.75, 3.05) is 24.8 Å². The predicted molar refractivity (Wildman–Crippen MR) is 146 cm³/mol. The summed E-state index contributed by atoms with van der Waals surface area (Å²) in [6.45, 7) is 2.83. The van der Waals surface area contributed by atoms with Gasteiger partial charge in [0.1, 0.15) is 31.4 Å². The van der Waals surface area contributed by atoms with Gasteiger partial charge in [-0.15, -0.1) is 0 Å². The van der Waals surface area contributed by atoms with Crippen molar-refractivity contribution in [1.82, 2.24) is 16.0 Å². The van der Waals surface area contributed by atoms with E-state index in [0.717, 1.165) is 22.4 Å². The van der Waals surface area contributed by atoms with Crippen LogP contribution in [0, 0.1) is 5.92 Å². The molecule has 11 heteroatoms. The number of halogens is 1. The molecule has 0 unspecified atom stereocenters. The number of hydrogen-bond donors (Lipinski definition) is 3. The van der Waals surface area contributed by atoms with Gasteiger partial charge in [-0.1, -0.05) is 38.5 Å². The molecular weight excluding hydrogens is 523 g/mol. The zero-order chi connectivity index (χ0) is 27.9. The van der Waals surface area contributed by atoms with Crippen LogP contribution in [0.3, 0.4) is 0 Å². The highest BCUT2D eigenvalue weighted by atomic mass is 32.1. The fraction of sp³-hybridized carbons (Fsp3) is 0.500. The number of carbonyl (C=O) groups is 4. The number of nitrogens with zero attached hydrogens (tertiary/aromatic N) is 1. The summed E-state index contributed by atoms with van der Waals surface area (Å²) in [5.74, 6) is -1.83. The highest BCUT2D eigenvalue weighted by molar-refractivity contribution is 7.07. The van der Waals surface area contributed by atoms with Crippen LogP contribution in [0.25, 0.3) is 0 Å². The van der Waals surface area contributed by atoms with Crippen LogP contribution in [0.4, 0.5) is 10.1 Å². The minimum atomic E-state index is -0.895. The number of thiophene rings is 1. The zero-order valence-electron chi connectivity index (χ0n) is 22.2. The number of hydrogen-bond acceptors (Lipinski definition) is 6. The number of anilines is 1. The Balaban J connectivity index is 1.50. The summed E-state index contributed by atoms with van der Waals surface area (Å²) >= 11 is 1.55. The third-order valence-electron chi connectivity index (χ3n) is 7.34. The van der Waals surface area contributed by atoms with Crippen LogP contribution in [-0.2, 0) is 43.3 Å². The Labute approximate surface area is 231 Å². The summed E-state index contributed by atoms with van der Waals surface area (Å²) in [5.41, 5.74) is 3.64. The second kappa shape index (κ2) is 13.2. The highest BCUT2D eigenvalue weighted by Gasteiger charge is 2.44. The summed E-state index contributed by atoms with van der Waals surface area (Å²) in [6.07, 6.45) is 1.92. The Bertz CT molecular complexity index is 1190. The summed E-state index contributed by atoms with van der Waals surface area (Å²) in [7, 11) is 0. The lowest BCUT2D eigenvalue weighted by atomic mass is 9.97. The first-order chi connectivity index (χ1) is 18.8. The van der Waals surface area contributed by atoms with Gasteiger partial charge in [0.2, 0.25) is 23.6 Å². The average Bonchev–Trinajstić information content (AvgIpc) is 3.57. The van der Waals surface area contributed by atoms with E-state index in [0.29, 0.717) is 32.2 Å². The number of nitrogens with one attached hydrogen (secondary N) is 3. The van der Waals surface area contributed by atoms with Gasteiger partial charge in [-0.3, -0.25) is 24.1 Å². The average molecular weight is 559 g/mol. The Morgan fingerprint density at radius 3 is 2.74 bits per heavy atom. The molecule has 0 bridgehead atoms. The number of benzene rings is 1. The van der Waals surface area contributed by atoms with Crippen molar-refractivity contribution in [2.45, 2.75) is 64.2 Å². The quantitative estimate of drug-likeness (QED) is 0.346. The van der Waals surface area contributed by atoms with Crippen molar-refractivity contribution in [2.24, 2.45) is 5.92 Å². The van der Waals surface area contributed by atoms with Crippen molar-refractivity contribution in [3.8, 4) is 0 Å². The molecule has 3 heterocycles. The molecule has 9 nitrogen and oxygen atoms in total. The molecule has 2 aromatic rings. The molecule has 2 aliphatic rings. The minimum absolute atomic E-state index is 0.204. The van der Waals surface area contributed by atoms with E-state index in [1.54, 1.807) is 16.2 Å². The first-order valence-electron chi connectivity index (χ1n) is 13.3. The van der Waals surface area contributed by atoms with Crippen molar-refractivity contribution in [3.63, 3.8) is 0 Å². The summed E-state index contributed by atoms with van der Waals surface area (Å²) in [5, 5.41) is 12.4. The lowest BCUT2D eigenvalue weighted by Gasteiger charge is -2.30. The van der Waals surface area contributed by atoms with Crippen LogP contribution >= 0.6 is 11.3 Å². The van der Waals surface area contributed by atoms with Crippen molar-refractivity contribution < 1.29 is 28.3 Å². The SMILES string of the molecule is CC[C@H](C)[C@H](NC(=O)COCCF)C(=O)N[C@H]1CCc2cccc3c2N(C1=O)[C@H](C(=O)NCc1ccsc1)C3. The molecule has 4 rings (SSSR count). The molecule has 0 fully saturated rings. The van der Waals surface area contributed by atoms with Crippen molar-refractivity contribution in [3.05, 3.63) is 51.7 Å². The first-order valence-corrected chi connectivity index (χ1v) is 14.2. The van der Waals surface area contributed by atoms with Gasteiger partial charge in [0.15, 0.2) is 0 Å². The molecule has 2 aliphatic heterocycles. The largest absolute Gasteiger partial charge is 0.369 e. The Morgan fingerprint density at radius 2 is 2.03 bits per heavy atom. The topological polar surface area (TPSA) is 117 Å². The third-order valence-corrected chi connectivity index (χ3v) is 8.07. The van der Waals surface area contributed by atoms with E-state index in [2.05, 4.69) is 16.0 Å². The third kappa shape index (κ3) is 6.65. The van der Waals surface area contributed by atoms with Gasteiger partial charge in [-0.05, 0) is 52.3 Å². The fourth-order valence-corrected chi connectivity index (χ4v) is 5.74. The van der Waals surface area contributed by atoms with Crippen molar-refractivity contribution >= 4 is 40.7 Å². The monoisotopic (exact) mass is 558 g/mol. The molecule has 0 saturated carbocycles. The smallest absolute Gasteiger partial charge is 0.250 e. The standard InChI is InChI=1S/C28H35FN4O5S/c1-3-17(2)24(32-23(34)15-38-11-10-29)27(36)31-21-8-7-19-5-4-6-20-13-22(33(25(19)20)28(21)37)26(35)30-14-18-9-12-39-16-18/h4-6,9,12,16-17,21-22,24H,3,7-8,10-11,13-15H2,1-2H3,(H,30,35)(H,31,36)(H,32,34)/t17-,21-,22-,24-/m0/s1. The maximum absolute atomic E-state index is 13.9. The van der Waals surface area contributed by atoms with E-state index in [-0.39, 0.29) is 30.9 Å². The predicted octanol–water partition coefficient (Wildman–Crippen LogP) is 2.27. The minimum Gasteiger partial charge on any atom is -0.369 e. The van der Waals surface area contributed by atoms with E-state index in [1.165, 1.54) is 0 Å². The van der Waals surface area contributed by atoms with Gasteiger partial charge in [0.25, 0.3) is 0 Å². The molecule has 4 amide bonds. The van der Waals surface area contributed by atoms with Crippen molar-refractivity contribution in [1.29, 1.82) is 0 Å². The molecule has 1 aromatic heterocycles. The molecule has 0 spiro atoms. The summed E-state index contributed by atoms with van der Waals surface area (Å²) in [4.78, 5) is 54.5. The van der Waals surface area contributed by atoms with Gasteiger partial charge in [-0.2, -0.15) is 11.3 Å². The number of carbonyl (C=O) groups excluding carboxylic acids is 4. The molecule has 210 valence electrons. The Hall–Kier alpha value is -3.31. The lowest BCUT2D eigenvalue weighted by Crippen LogP contribution is -2.58. The van der Waals surface area contributed by atoms with Gasteiger partial charge in [-0.25, -0.2) is 4.39 Å². The molecule has 4 atom stereocenters. The molecule has 1 aromatic carbocycles. The number of aryl methyl sites for hydroxylation is 1. The summed E-state index contributed by atoms with van der Waals surface area (Å²) < 4.78 is 17.3. The number of alkyl halides is 1. The van der Waals surface area contributed by atoms with Gasteiger partial charge in [0.05, 0.1) is 12.3 Å². The molecule has 0 saturated heterocycles. The fourth-order valence-electron chi connectivity index (χ4n) is 5.07.